The molecule has 0 aromatic carbocycles. The lowest BCUT2D eigenvalue weighted by molar-refractivity contribution is 0.887. The van der Waals surface area contributed by atoms with Gasteiger partial charge in [0.1, 0.15) is 18.0 Å². The second-order valence-electron chi connectivity index (χ2n) is 2.52. The van der Waals surface area contributed by atoms with E-state index < -0.39 is 0 Å². The van der Waals surface area contributed by atoms with Crippen molar-refractivity contribution in [2.75, 3.05) is 23.7 Å². The summed E-state index contributed by atoms with van der Waals surface area (Å²) in [6, 6.07) is 1.71. The topological polar surface area (TPSA) is 55.0 Å². The zero-order chi connectivity index (χ0) is 9.68. The number of hydrogen-bond acceptors (Lipinski definition) is 4. The monoisotopic (exact) mass is 176 g/mol. The number of aromatic nitrogens is 2. The van der Waals surface area contributed by atoms with Gasteiger partial charge in [0.2, 0.25) is 0 Å². The van der Waals surface area contributed by atoms with Crippen molar-refractivity contribution in [2.24, 2.45) is 0 Å². The number of anilines is 2. The molecule has 1 rings (SSSR count). The molecule has 0 unspecified atom stereocenters. The van der Waals surface area contributed by atoms with Crippen LogP contribution in [-0.4, -0.2) is 23.1 Å². The molecule has 2 N–H and O–H groups in total. The Hall–Kier alpha value is -1.76. The first-order valence-corrected chi connectivity index (χ1v) is 4.04. The van der Waals surface area contributed by atoms with Crippen LogP contribution in [0.25, 0.3) is 0 Å². The molecular formula is C9H12N4. The van der Waals surface area contributed by atoms with Crippen molar-refractivity contribution < 1.29 is 0 Å². The van der Waals surface area contributed by atoms with E-state index in [1.165, 1.54) is 6.33 Å². The molecule has 13 heavy (non-hydrogen) atoms. The standard InChI is InChI=1S/C9H12N4/c1-3-5-13(4-2)9-6-8(10)11-7-12-9/h1,6-7H,4-5H2,2H3,(H2,10,11,12). The van der Waals surface area contributed by atoms with Gasteiger partial charge in [0.05, 0.1) is 6.54 Å². The Morgan fingerprint density at radius 2 is 2.38 bits per heavy atom. The molecule has 1 aromatic rings. The lowest BCUT2D eigenvalue weighted by atomic mass is 10.4. The predicted molar refractivity (Wildman–Crippen MR) is 53.2 cm³/mol. The van der Waals surface area contributed by atoms with Crippen LogP contribution < -0.4 is 10.6 Å². The van der Waals surface area contributed by atoms with Crippen molar-refractivity contribution in [1.29, 1.82) is 0 Å². The van der Waals surface area contributed by atoms with Crippen LogP contribution in [0.3, 0.4) is 0 Å². The SMILES string of the molecule is C#CCN(CC)c1cc(N)ncn1. The molecule has 4 nitrogen and oxygen atoms in total. The third-order valence-corrected chi connectivity index (χ3v) is 1.66. The van der Waals surface area contributed by atoms with Gasteiger partial charge in [-0.15, -0.1) is 6.42 Å². The fourth-order valence-electron chi connectivity index (χ4n) is 0.999. The summed E-state index contributed by atoms with van der Waals surface area (Å²) >= 11 is 0. The predicted octanol–water partition coefficient (Wildman–Crippen LogP) is 0.518. The van der Waals surface area contributed by atoms with Crippen LogP contribution in [0.15, 0.2) is 12.4 Å². The first-order chi connectivity index (χ1) is 6.27. The smallest absolute Gasteiger partial charge is 0.134 e. The van der Waals surface area contributed by atoms with Crippen LogP contribution >= 0.6 is 0 Å². The van der Waals surface area contributed by atoms with Crippen molar-refractivity contribution in [1.82, 2.24) is 9.97 Å². The zero-order valence-electron chi connectivity index (χ0n) is 7.57. The van der Waals surface area contributed by atoms with Crippen molar-refractivity contribution in [3.8, 4) is 12.3 Å². The zero-order valence-corrected chi connectivity index (χ0v) is 7.57. The maximum absolute atomic E-state index is 5.52. The van der Waals surface area contributed by atoms with Crippen molar-refractivity contribution in [3.05, 3.63) is 12.4 Å². The molecule has 0 spiro atoms. The molecule has 0 saturated carbocycles. The molecule has 0 amide bonds. The molecule has 1 aromatic heterocycles. The largest absolute Gasteiger partial charge is 0.384 e. The van der Waals surface area contributed by atoms with E-state index in [-0.39, 0.29) is 0 Å². The highest BCUT2D eigenvalue weighted by Gasteiger charge is 2.03. The minimum absolute atomic E-state index is 0.459. The minimum atomic E-state index is 0.459. The van der Waals surface area contributed by atoms with E-state index in [0.717, 1.165) is 12.4 Å². The molecule has 0 saturated heterocycles. The number of nitrogens with zero attached hydrogens (tertiary/aromatic N) is 3. The van der Waals surface area contributed by atoms with E-state index in [0.29, 0.717) is 12.4 Å². The average Bonchev–Trinajstić information content (AvgIpc) is 2.14. The van der Waals surface area contributed by atoms with E-state index in [4.69, 9.17) is 12.2 Å². The molecule has 1 heterocycles. The highest BCUT2D eigenvalue weighted by molar-refractivity contribution is 5.46. The Balaban J connectivity index is 2.86. The molecule has 68 valence electrons. The van der Waals surface area contributed by atoms with Gasteiger partial charge in [-0.25, -0.2) is 9.97 Å². The summed E-state index contributed by atoms with van der Waals surface area (Å²) in [6.45, 7) is 3.35. The Morgan fingerprint density at radius 1 is 1.62 bits per heavy atom. The number of nitrogens with two attached hydrogens (primary N) is 1. The number of rotatable bonds is 3. The fraction of sp³-hybridized carbons (Fsp3) is 0.333. The summed E-state index contributed by atoms with van der Waals surface area (Å²) in [4.78, 5) is 9.82. The molecule has 0 fully saturated rings. The molecule has 0 aliphatic heterocycles. The molecule has 0 radical (unpaired) electrons. The van der Waals surface area contributed by atoms with E-state index in [9.17, 15) is 0 Å². The normalized spacial score (nSPS) is 9.23. The second kappa shape index (κ2) is 4.31. The summed E-state index contributed by atoms with van der Waals surface area (Å²) in [5.74, 6) is 3.79. The third-order valence-electron chi connectivity index (χ3n) is 1.66. The summed E-state index contributed by atoms with van der Waals surface area (Å²) in [6.07, 6.45) is 6.65. The Kier molecular flexibility index (Phi) is 3.09. The highest BCUT2D eigenvalue weighted by atomic mass is 15.2. The maximum atomic E-state index is 5.52. The van der Waals surface area contributed by atoms with Gasteiger partial charge in [0, 0.05) is 12.6 Å². The summed E-state index contributed by atoms with van der Waals surface area (Å²) in [7, 11) is 0. The Morgan fingerprint density at radius 3 is 2.92 bits per heavy atom. The maximum Gasteiger partial charge on any atom is 0.134 e. The van der Waals surface area contributed by atoms with Gasteiger partial charge >= 0.3 is 0 Å². The van der Waals surface area contributed by atoms with Gasteiger partial charge in [-0.1, -0.05) is 5.92 Å². The van der Waals surface area contributed by atoms with Gasteiger partial charge in [-0.2, -0.15) is 0 Å². The van der Waals surface area contributed by atoms with Crippen LogP contribution in [-0.2, 0) is 0 Å². The number of hydrogen-bond donors (Lipinski definition) is 1. The molecule has 0 aliphatic carbocycles. The Bertz CT molecular complexity index is 316. The average molecular weight is 176 g/mol. The molecule has 0 atom stereocenters. The van der Waals surface area contributed by atoms with Crippen LogP contribution in [0.4, 0.5) is 11.6 Å². The third kappa shape index (κ3) is 2.34. The van der Waals surface area contributed by atoms with Gasteiger partial charge in [-0.3, -0.25) is 0 Å². The van der Waals surface area contributed by atoms with Crippen LogP contribution in [0.1, 0.15) is 6.92 Å². The first kappa shape index (κ1) is 9.33. The van der Waals surface area contributed by atoms with E-state index in [1.807, 2.05) is 11.8 Å². The van der Waals surface area contributed by atoms with E-state index in [2.05, 4.69) is 15.9 Å². The van der Waals surface area contributed by atoms with Crippen molar-refractivity contribution in [2.45, 2.75) is 6.92 Å². The van der Waals surface area contributed by atoms with E-state index in [1.54, 1.807) is 6.07 Å². The molecule has 0 aliphatic rings. The first-order valence-electron chi connectivity index (χ1n) is 4.04. The van der Waals surface area contributed by atoms with Gasteiger partial charge in [0.15, 0.2) is 0 Å². The molecular weight excluding hydrogens is 164 g/mol. The Labute approximate surface area is 77.8 Å². The number of terminal acetylenes is 1. The summed E-state index contributed by atoms with van der Waals surface area (Å²) in [5, 5.41) is 0. The minimum Gasteiger partial charge on any atom is -0.384 e. The molecule has 4 heteroatoms. The number of nitrogen functional groups attached to an aromatic ring is 1. The van der Waals surface area contributed by atoms with Gasteiger partial charge in [-0.05, 0) is 6.92 Å². The van der Waals surface area contributed by atoms with Gasteiger partial charge < -0.3 is 10.6 Å². The fourth-order valence-corrected chi connectivity index (χ4v) is 0.999. The van der Waals surface area contributed by atoms with Crippen LogP contribution in [0.2, 0.25) is 0 Å². The summed E-state index contributed by atoms with van der Waals surface area (Å²) < 4.78 is 0. The van der Waals surface area contributed by atoms with Crippen LogP contribution in [0, 0.1) is 12.3 Å². The van der Waals surface area contributed by atoms with E-state index >= 15 is 0 Å². The molecule has 0 bridgehead atoms. The highest BCUT2D eigenvalue weighted by Crippen LogP contribution is 2.10. The van der Waals surface area contributed by atoms with Gasteiger partial charge in [0.25, 0.3) is 0 Å². The lowest BCUT2D eigenvalue weighted by Gasteiger charge is -2.18. The van der Waals surface area contributed by atoms with Crippen LogP contribution in [0.5, 0.6) is 0 Å². The quantitative estimate of drug-likeness (QED) is 0.682. The lowest BCUT2D eigenvalue weighted by Crippen LogP contribution is -2.24. The van der Waals surface area contributed by atoms with Crippen molar-refractivity contribution in [3.63, 3.8) is 0 Å². The van der Waals surface area contributed by atoms with Crippen molar-refractivity contribution >= 4 is 11.6 Å². The summed E-state index contributed by atoms with van der Waals surface area (Å²) in [5.41, 5.74) is 5.52. The second-order valence-corrected chi connectivity index (χ2v) is 2.52.